The number of rotatable bonds is 9. The quantitative estimate of drug-likeness (QED) is 0.139. The Labute approximate surface area is 214 Å². The molecule has 37 heavy (non-hydrogen) atoms. The van der Waals surface area contributed by atoms with E-state index in [0.29, 0.717) is 11.6 Å². The summed E-state index contributed by atoms with van der Waals surface area (Å²) >= 11 is 0. The van der Waals surface area contributed by atoms with Gasteiger partial charge in [-0.25, -0.2) is 5.43 Å². The van der Waals surface area contributed by atoms with Gasteiger partial charge in [-0.1, -0.05) is 42.5 Å². The predicted molar refractivity (Wildman–Crippen MR) is 148 cm³/mol. The van der Waals surface area contributed by atoms with Crippen molar-refractivity contribution in [1.29, 1.82) is 0 Å². The average molecular weight is 495 g/mol. The van der Waals surface area contributed by atoms with Crippen LogP contribution in [0.2, 0.25) is 0 Å². The van der Waals surface area contributed by atoms with E-state index in [1.807, 2.05) is 75.4 Å². The van der Waals surface area contributed by atoms with Crippen LogP contribution in [-0.4, -0.2) is 26.1 Å². The molecule has 0 saturated heterocycles. The van der Waals surface area contributed by atoms with E-state index in [9.17, 15) is 10.1 Å². The molecule has 0 aliphatic heterocycles. The van der Waals surface area contributed by atoms with E-state index in [1.165, 1.54) is 17.7 Å². The minimum atomic E-state index is -0.452. The maximum Gasteiger partial charge on any atom is 0.269 e. The first-order valence-corrected chi connectivity index (χ1v) is 11.5. The Morgan fingerprint density at radius 3 is 2.11 bits per heavy atom. The zero-order valence-electron chi connectivity index (χ0n) is 20.6. The highest BCUT2D eigenvalue weighted by Crippen LogP contribution is 2.22. The van der Waals surface area contributed by atoms with Gasteiger partial charge in [0.15, 0.2) is 0 Å². The lowest BCUT2D eigenvalue weighted by atomic mass is 10.1. The number of anilines is 5. The number of nitrogens with one attached hydrogen (secondary N) is 3. The summed E-state index contributed by atoms with van der Waals surface area (Å²) in [6.45, 7) is 6.02. The van der Waals surface area contributed by atoms with Crippen molar-refractivity contribution in [2.45, 2.75) is 20.8 Å². The SMILES string of the molecule is CC(=C/c1ccccc1)/C=N/Nc1nc(Nc2ccc([N+](=O)[O-])cc2)nc(Nc2ccc(C)c(C)c2)n1. The molecule has 1 heterocycles. The number of hydrazone groups is 1. The first-order chi connectivity index (χ1) is 17.9. The summed E-state index contributed by atoms with van der Waals surface area (Å²) in [6, 6.07) is 21.9. The molecule has 0 atom stereocenters. The number of non-ortho nitro benzene ring substituents is 1. The van der Waals surface area contributed by atoms with Gasteiger partial charge in [0.25, 0.3) is 5.69 Å². The van der Waals surface area contributed by atoms with Crippen molar-refractivity contribution in [1.82, 2.24) is 15.0 Å². The lowest BCUT2D eigenvalue weighted by molar-refractivity contribution is -0.384. The highest BCUT2D eigenvalue weighted by Gasteiger charge is 2.10. The number of hydrogen-bond acceptors (Lipinski definition) is 9. The maximum absolute atomic E-state index is 10.9. The van der Waals surface area contributed by atoms with Crippen LogP contribution >= 0.6 is 0 Å². The van der Waals surface area contributed by atoms with Gasteiger partial charge < -0.3 is 10.6 Å². The Hall–Kier alpha value is -5.12. The van der Waals surface area contributed by atoms with Gasteiger partial charge in [-0.3, -0.25) is 10.1 Å². The Kier molecular flexibility index (Phi) is 7.79. The van der Waals surface area contributed by atoms with Crippen molar-refractivity contribution in [3.63, 3.8) is 0 Å². The Balaban J connectivity index is 1.57. The number of nitrogens with zero attached hydrogens (tertiary/aromatic N) is 5. The van der Waals surface area contributed by atoms with Crippen molar-refractivity contribution in [3.05, 3.63) is 105 Å². The molecule has 0 amide bonds. The second kappa shape index (κ2) is 11.5. The minimum absolute atomic E-state index is 0.00564. The molecular formula is C27H26N8O2. The molecule has 1 aromatic heterocycles. The van der Waals surface area contributed by atoms with Crippen molar-refractivity contribution in [2.75, 3.05) is 16.1 Å². The first kappa shape index (κ1) is 25.0. The van der Waals surface area contributed by atoms with E-state index >= 15 is 0 Å². The number of benzene rings is 3. The molecule has 0 radical (unpaired) electrons. The van der Waals surface area contributed by atoms with Gasteiger partial charge in [0.05, 0.1) is 11.1 Å². The molecule has 0 unspecified atom stereocenters. The summed E-state index contributed by atoms with van der Waals surface area (Å²) < 4.78 is 0. The van der Waals surface area contributed by atoms with Gasteiger partial charge in [0.1, 0.15) is 0 Å². The number of nitro groups is 1. The van der Waals surface area contributed by atoms with Crippen LogP contribution in [-0.2, 0) is 0 Å². The fourth-order valence-electron chi connectivity index (χ4n) is 3.32. The lowest BCUT2D eigenvalue weighted by Gasteiger charge is -2.11. The van der Waals surface area contributed by atoms with Gasteiger partial charge in [0.2, 0.25) is 17.8 Å². The second-order valence-electron chi connectivity index (χ2n) is 8.33. The number of aromatic nitrogens is 3. The van der Waals surface area contributed by atoms with Crippen molar-refractivity contribution in [3.8, 4) is 0 Å². The summed E-state index contributed by atoms with van der Waals surface area (Å²) in [4.78, 5) is 23.8. The number of allylic oxidation sites excluding steroid dienone is 1. The summed E-state index contributed by atoms with van der Waals surface area (Å²) in [5, 5.41) is 21.5. The Bertz CT molecular complexity index is 1450. The summed E-state index contributed by atoms with van der Waals surface area (Å²) in [5.74, 6) is 0.760. The summed E-state index contributed by atoms with van der Waals surface area (Å²) in [6.07, 6.45) is 3.68. The van der Waals surface area contributed by atoms with Crippen LogP contribution in [0.1, 0.15) is 23.6 Å². The van der Waals surface area contributed by atoms with Crippen molar-refractivity contribution >= 4 is 47.2 Å². The largest absolute Gasteiger partial charge is 0.324 e. The molecule has 0 saturated carbocycles. The fourth-order valence-corrected chi connectivity index (χ4v) is 3.32. The Morgan fingerprint density at radius 1 is 0.838 bits per heavy atom. The molecular weight excluding hydrogens is 468 g/mol. The van der Waals surface area contributed by atoms with E-state index < -0.39 is 4.92 Å². The third-order valence-corrected chi connectivity index (χ3v) is 5.36. The molecule has 0 fully saturated rings. The molecule has 4 rings (SSSR count). The molecule has 0 spiro atoms. The van der Waals surface area contributed by atoms with E-state index in [2.05, 4.69) is 36.1 Å². The number of aryl methyl sites for hydroxylation is 2. The highest BCUT2D eigenvalue weighted by molar-refractivity contribution is 5.85. The van der Waals surface area contributed by atoms with Crippen LogP contribution in [0.25, 0.3) is 6.08 Å². The normalized spacial score (nSPS) is 11.4. The summed E-state index contributed by atoms with van der Waals surface area (Å²) in [7, 11) is 0. The van der Waals surface area contributed by atoms with E-state index in [1.54, 1.807) is 18.3 Å². The molecule has 0 bridgehead atoms. The van der Waals surface area contributed by atoms with E-state index in [4.69, 9.17) is 0 Å². The van der Waals surface area contributed by atoms with Crippen LogP contribution in [0.5, 0.6) is 0 Å². The first-order valence-electron chi connectivity index (χ1n) is 11.5. The van der Waals surface area contributed by atoms with Crippen molar-refractivity contribution < 1.29 is 4.92 Å². The van der Waals surface area contributed by atoms with Crippen LogP contribution in [0, 0.1) is 24.0 Å². The van der Waals surface area contributed by atoms with Crippen LogP contribution < -0.4 is 16.1 Å². The molecule has 10 nitrogen and oxygen atoms in total. The molecule has 10 heteroatoms. The van der Waals surface area contributed by atoms with E-state index in [-0.39, 0.29) is 17.6 Å². The maximum atomic E-state index is 10.9. The predicted octanol–water partition coefficient (Wildman–Crippen LogP) is 6.39. The van der Waals surface area contributed by atoms with E-state index in [0.717, 1.165) is 22.4 Å². The zero-order valence-corrected chi connectivity index (χ0v) is 20.6. The molecule has 3 aromatic carbocycles. The lowest BCUT2D eigenvalue weighted by Crippen LogP contribution is -2.07. The van der Waals surface area contributed by atoms with Gasteiger partial charge in [-0.05, 0) is 67.3 Å². The van der Waals surface area contributed by atoms with Crippen molar-refractivity contribution in [2.24, 2.45) is 5.10 Å². The minimum Gasteiger partial charge on any atom is -0.324 e. The van der Waals surface area contributed by atoms with Gasteiger partial charge in [0, 0.05) is 23.5 Å². The molecule has 4 aromatic rings. The molecule has 0 aliphatic carbocycles. The Morgan fingerprint density at radius 2 is 1.46 bits per heavy atom. The zero-order chi connectivity index (χ0) is 26.2. The monoisotopic (exact) mass is 494 g/mol. The average Bonchev–Trinajstić information content (AvgIpc) is 2.87. The van der Waals surface area contributed by atoms with Crippen LogP contribution in [0.3, 0.4) is 0 Å². The van der Waals surface area contributed by atoms with Gasteiger partial charge in [-0.2, -0.15) is 20.1 Å². The smallest absolute Gasteiger partial charge is 0.269 e. The van der Waals surface area contributed by atoms with Crippen LogP contribution in [0.4, 0.5) is 34.9 Å². The van der Waals surface area contributed by atoms with Gasteiger partial charge >= 0.3 is 0 Å². The standard InChI is InChI=1S/C27H26N8O2/c1-18(15-21-7-5-4-6-8-21)17-28-34-27-32-25(29-22-11-13-24(14-12-22)35(36)37)31-26(33-27)30-23-10-9-19(2)20(3)16-23/h4-17H,1-3H3,(H3,29,30,31,32,33,34)/b18-15-,28-17+. The highest BCUT2D eigenvalue weighted by atomic mass is 16.6. The molecule has 0 aliphatic rings. The third-order valence-electron chi connectivity index (χ3n) is 5.36. The molecule has 186 valence electrons. The van der Waals surface area contributed by atoms with Gasteiger partial charge in [-0.15, -0.1) is 0 Å². The fraction of sp³-hybridized carbons (Fsp3) is 0.111. The van der Waals surface area contributed by atoms with Crippen LogP contribution in [0.15, 0.2) is 83.5 Å². The molecule has 3 N–H and O–H groups in total. The summed E-state index contributed by atoms with van der Waals surface area (Å²) in [5.41, 5.74) is 8.58. The number of nitro benzene ring substituents is 1. The third kappa shape index (κ3) is 7.18. The second-order valence-corrected chi connectivity index (χ2v) is 8.33. The topological polar surface area (TPSA) is 130 Å². The number of hydrogen-bond donors (Lipinski definition) is 3.